The molecule has 0 spiro atoms. The highest BCUT2D eigenvalue weighted by molar-refractivity contribution is 7.90. The van der Waals surface area contributed by atoms with Crippen LogP contribution in [0.15, 0.2) is 24.8 Å². The van der Waals surface area contributed by atoms with Crippen LogP contribution in [0, 0.1) is 5.92 Å². The first-order valence-electron chi connectivity index (χ1n) is 12.3. The Morgan fingerprint density at radius 2 is 2.06 bits per heavy atom. The minimum atomic E-state index is -1.35. The minimum absolute atomic E-state index is 0.0451. The molecule has 1 N–H and O–H groups in total. The van der Waals surface area contributed by atoms with Gasteiger partial charge in [0.25, 0.3) is 5.91 Å². The SMILES string of the molecule is C=CCOc1cc(Cl)c(Cl)cc1[C@H](N[S@@+]([O-])C(C)(C)C)C1CCN(C(=O)[C@H]2COC(C)(C)O2)C(C)C1. The topological polar surface area (TPSA) is 83.1 Å². The molecule has 5 atom stereocenters. The average Bonchev–Trinajstić information content (AvgIpc) is 3.16. The van der Waals surface area contributed by atoms with Gasteiger partial charge in [0, 0.05) is 35.6 Å². The molecular weight excluding hydrogens is 523 g/mol. The maximum Gasteiger partial charge on any atom is 0.254 e. The smallest absolute Gasteiger partial charge is 0.254 e. The summed E-state index contributed by atoms with van der Waals surface area (Å²) in [6.45, 7) is 16.3. The Bertz CT molecular complexity index is 955. The Morgan fingerprint density at radius 1 is 1.39 bits per heavy atom. The van der Waals surface area contributed by atoms with Crippen LogP contribution in [0.25, 0.3) is 0 Å². The van der Waals surface area contributed by atoms with Gasteiger partial charge in [-0.25, -0.2) is 0 Å². The van der Waals surface area contributed by atoms with Gasteiger partial charge >= 0.3 is 0 Å². The van der Waals surface area contributed by atoms with Gasteiger partial charge in [-0.2, -0.15) is 0 Å². The number of benzene rings is 1. The van der Waals surface area contributed by atoms with Crippen LogP contribution >= 0.6 is 23.2 Å². The number of amides is 1. The predicted molar refractivity (Wildman–Crippen MR) is 145 cm³/mol. The maximum atomic E-state index is 13.2. The van der Waals surface area contributed by atoms with Gasteiger partial charge in [0.1, 0.15) is 17.1 Å². The third-order valence-electron chi connectivity index (χ3n) is 6.49. The molecule has 3 rings (SSSR count). The predicted octanol–water partition coefficient (Wildman–Crippen LogP) is 5.43. The van der Waals surface area contributed by atoms with Crippen molar-refractivity contribution >= 4 is 40.5 Å². The van der Waals surface area contributed by atoms with Crippen molar-refractivity contribution < 1.29 is 23.6 Å². The molecule has 1 aromatic rings. The normalized spacial score (nSPS) is 25.9. The van der Waals surface area contributed by atoms with Gasteiger partial charge in [0.05, 0.1) is 22.7 Å². The van der Waals surface area contributed by atoms with E-state index >= 15 is 0 Å². The number of rotatable bonds is 8. The van der Waals surface area contributed by atoms with Crippen molar-refractivity contribution in [2.24, 2.45) is 5.92 Å². The van der Waals surface area contributed by atoms with E-state index in [1.807, 2.05) is 46.4 Å². The zero-order valence-electron chi connectivity index (χ0n) is 21.9. The van der Waals surface area contributed by atoms with Crippen LogP contribution in [-0.4, -0.2) is 57.8 Å². The van der Waals surface area contributed by atoms with Crippen LogP contribution in [0.4, 0.5) is 0 Å². The summed E-state index contributed by atoms with van der Waals surface area (Å²) in [4.78, 5) is 15.1. The molecule has 2 aliphatic heterocycles. The standard InChI is InChI=1S/C26H38Cl2N2O5S/c1-8-11-33-21-14-20(28)19(27)13-18(21)23(29-36(32)25(3,4)5)17-9-10-30(16(2)12-17)24(31)22-15-34-26(6,7)35-22/h8,13-14,16-17,22-23,29H,1,9-12,15H2,2-7H3/t16?,17?,22-,23-,36+/m1/s1. The number of piperidine rings is 1. The lowest BCUT2D eigenvalue weighted by Gasteiger charge is -2.42. The molecule has 7 nitrogen and oxygen atoms in total. The van der Waals surface area contributed by atoms with E-state index < -0.39 is 28.0 Å². The molecule has 0 saturated carbocycles. The molecule has 0 radical (unpaired) electrons. The first-order valence-corrected chi connectivity index (χ1v) is 14.2. The molecule has 2 aliphatic rings. The Balaban J connectivity index is 1.87. The fourth-order valence-electron chi connectivity index (χ4n) is 4.60. The van der Waals surface area contributed by atoms with E-state index in [0.29, 0.717) is 41.8 Å². The number of nitrogens with zero attached hydrogens (tertiary/aromatic N) is 1. The van der Waals surface area contributed by atoms with E-state index in [-0.39, 0.29) is 30.5 Å². The van der Waals surface area contributed by atoms with E-state index in [0.717, 1.165) is 5.56 Å². The Hall–Kier alpha value is -1.00. The number of carbonyl (C=O) groups is 1. The molecule has 1 aromatic carbocycles. The molecule has 0 aromatic heterocycles. The van der Waals surface area contributed by atoms with Crippen molar-refractivity contribution in [3.63, 3.8) is 0 Å². The zero-order valence-corrected chi connectivity index (χ0v) is 24.3. The summed E-state index contributed by atoms with van der Waals surface area (Å²) >= 11 is 11.4. The molecular formula is C26H38Cl2N2O5S. The van der Waals surface area contributed by atoms with Crippen LogP contribution in [0.3, 0.4) is 0 Å². The number of hydrogen-bond donors (Lipinski definition) is 1. The summed E-state index contributed by atoms with van der Waals surface area (Å²) in [5, 5.41) is 0.776. The first-order chi connectivity index (χ1) is 16.7. The summed E-state index contributed by atoms with van der Waals surface area (Å²) in [6, 6.07) is 3.10. The fourth-order valence-corrected chi connectivity index (χ4v) is 5.83. The fraction of sp³-hybridized carbons (Fsp3) is 0.654. The highest BCUT2D eigenvalue weighted by Gasteiger charge is 2.43. The van der Waals surface area contributed by atoms with Crippen molar-refractivity contribution in [1.82, 2.24) is 9.62 Å². The highest BCUT2D eigenvalue weighted by atomic mass is 35.5. The van der Waals surface area contributed by atoms with Gasteiger partial charge in [0.2, 0.25) is 0 Å². The second kappa shape index (κ2) is 11.8. The quantitative estimate of drug-likeness (QED) is 0.337. The summed E-state index contributed by atoms with van der Waals surface area (Å²) in [7, 11) is 0. The van der Waals surface area contributed by atoms with E-state index in [4.69, 9.17) is 37.4 Å². The molecule has 202 valence electrons. The summed E-state index contributed by atoms with van der Waals surface area (Å²) in [5.74, 6) is -0.184. The Labute approximate surface area is 228 Å². The van der Waals surface area contributed by atoms with Gasteiger partial charge in [0.15, 0.2) is 11.9 Å². The maximum absolute atomic E-state index is 13.2. The van der Waals surface area contributed by atoms with Gasteiger partial charge in [-0.15, -0.1) is 4.72 Å². The molecule has 0 aliphatic carbocycles. The van der Waals surface area contributed by atoms with Crippen LogP contribution in [0.2, 0.25) is 10.0 Å². The minimum Gasteiger partial charge on any atom is -0.598 e. The number of likely N-dealkylation sites (tertiary alicyclic amines) is 1. The highest BCUT2D eigenvalue weighted by Crippen LogP contribution is 2.42. The number of nitrogens with one attached hydrogen (secondary N) is 1. The number of carbonyl (C=O) groups excluding carboxylic acids is 1. The summed E-state index contributed by atoms with van der Waals surface area (Å²) < 4.78 is 33.5. The number of hydrogen-bond acceptors (Lipinski definition) is 6. The average molecular weight is 562 g/mol. The van der Waals surface area contributed by atoms with Crippen LogP contribution in [0.5, 0.6) is 5.75 Å². The number of halogens is 2. The van der Waals surface area contributed by atoms with Gasteiger partial charge < -0.3 is 23.7 Å². The van der Waals surface area contributed by atoms with Gasteiger partial charge in [-0.3, -0.25) is 4.79 Å². The van der Waals surface area contributed by atoms with Crippen LogP contribution < -0.4 is 9.46 Å². The molecule has 2 fully saturated rings. The zero-order chi connectivity index (χ0) is 26.8. The van der Waals surface area contributed by atoms with Gasteiger partial charge in [-0.05, 0) is 66.4 Å². The first kappa shape index (κ1) is 29.6. The third kappa shape index (κ3) is 7.10. The van der Waals surface area contributed by atoms with Crippen molar-refractivity contribution in [1.29, 1.82) is 0 Å². The van der Waals surface area contributed by atoms with Crippen LogP contribution in [-0.2, 0) is 25.6 Å². The summed E-state index contributed by atoms with van der Waals surface area (Å²) in [6.07, 6.45) is 2.45. The van der Waals surface area contributed by atoms with Crippen molar-refractivity contribution in [2.45, 2.75) is 83.1 Å². The molecule has 36 heavy (non-hydrogen) atoms. The molecule has 2 saturated heterocycles. The van der Waals surface area contributed by atoms with E-state index in [1.165, 1.54) is 0 Å². The molecule has 0 bridgehead atoms. The molecule has 2 unspecified atom stereocenters. The third-order valence-corrected chi connectivity index (χ3v) is 8.79. The second-order valence-corrected chi connectivity index (χ2v) is 13.7. The monoisotopic (exact) mass is 560 g/mol. The Kier molecular flexibility index (Phi) is 9.69. The largest absolute Gasteiger partial charge is 0.598 e. The second-order valence-electron chi connectivity index (χ2n) is 10.9. The molecule has 2 heterocycles. The van der Waals surface area contributed by atoms with E-state index in [9.17, 15) is 9.35 Å². The molecule has 10 heteroatoms. The van der Waals surface area contributed by atoms with E-state index in [2.05, 4.69) is 11.3 Å². The lowest BCUT2D eigenvalue weighted by Crippen LogP contribution is -2.52. The van der Waals surface area contributed by atoms with Crippen LogP contribution in [0.1, 0.15) is 66.0 Å². The van der Waals surface area contributed by atoms with Crippen molar-refractivity contribution in [2.75, 3.05) is 19.8 Å². The molecule has 1 amide bonds. The van der Waals surface area contributed by atoms with Gasteiger partial charge in [-0.1, -0.05) is 35.9 Å². The lowest BCUT2D eigenvalue weighted by molar-refractivity contribution is -0.163. The van der Waals surface area contributed by atoms with Crippen molar-refractivity contribution in [3.8, 4) is 5.75 Å². The Morgan fingerprint density at radius 3 is 2.61 bits per heavy atom. The van der Waals surface area contributed by atoms with Crippen molar-refractivity contribution in [3.05, 3.63) is 40.4 Å². The summed E-state index contributed by atoms with van der Waals surface area (Å²) in [5.41, 5.74) is 0.787. The lowest BCUT2D eigenvalue weighted by atomic mass is 9.82. The number of ether oxygens (including phenoxy) is 3. The van der Waals surface area contributed by atoms with E-state index in [1.54, 1.807) is 18.2 Å².